The van der Waals surface area contributed by atoms with Crippen LogP contribution in [0.25, 0.3) is 0 Å². The Bertz CT molecular complexity index is 698. The van der Waals surface area contributed by atoms with E-state index in [0.29, 0.717) is 13.1 Å². The lowest BCUT2D eigenvalue weighted by Gasteiger charge is -2.23. The number of carbonyl (C=O) groups excluding carboxylic acids is 1. The maximum atomic E-state index is 12.0. The number of benzene rings is 1. The largest absolute Gasteiger partial charge is 0.336 e. The molecule has 2 aromatic rings. The zero-order valence-corrected chi connectivity index (χ0v) is 15.3. The average Bonchev–Trinajstić information content (AvgIpc) is 2.94. The lowest BCUT2D eigenvalue weighted by molar-refractivity contribution is 0.232. The average molecular weight is 350 g/mol. The Kier molecular flexibility index (Phi) is 6.23. The van der Waals surface area contributed by atoms with E-state index < -0.39 is 0 Å². The van der Waals surface area contributed by atoms with Crippen molar-refractivity contribution in [2.75, 3.05) is 20.6 Å². The summed E-state index contributed by atoms with van der Waals surface area (Å²) >= 11 is 6.01. The summed E-state index contributed by atoms with van der Waals surface area (Å²) in [5.74, 6) is 0. The lowest BCUT2D eigenvalue weighted by atomic mass is 10.1. The summed E-state index contributed by atoms with van der Waals surface area (Å²) in [5.41, 5.74) is 3.08. The molecular formula is C17H24ClN5O. The van der Waals surface area contributed by atoms with E-state index in [4.69, 9.17) is 11.6 Å². The van der Waals surface area contributed by atoms with Crippen molar-refractivity contribution in [3.63, 3.8) is 0 Å². The predicted molar refractivity (Wildman–Crippen MR) is 96.1 cm³/mol. The van der Waals surface area contributed by atoms with Gasteiger partial charge in [0.1, 0.15) is 0 Å². The number of aromatic nitrogens is 2. The third-order valence-corrected chi connectivity index (χ3v) is 4.29. The number of nitrogens with one attached hydrogen (secondary N) is 2. The van der Waals surface area contributed by atoms with E-state index in [1.54, 1.807) is 4.68 Å². The fourth-order valence-corrected chi connectivity index (χ4v) is 2.58. The lowest BCUT2D eigenvalue weighted by Crippen LogP contribution is -2.40. The number of aryl methyl sites for hydroxylation is 2. The third kappa shape index (κ3) is 4.97. The van der Waals surface area contributed by atoms with Crippen LogP contribution in [0.5, 0.6) is 0 Å². The van der Waals surface area contributed by atoms with Gasteiger partial charge in [0, 0.05) is 36.9 Å². The van der Waals surface area contributed by atoms with Gasteiger partial charge in [-0.1, -0.05) is 23.7 Å². The molecule has 1 atom stereocenters. The molecule has 0 bridgehead atoms. The van der Waals surface area contributed by atoms with Crippen LogP contribution in [0, 0.1) is 6.92 Å². The number of nitrogens with zero attached hydrogens (tertiary/aromatic N) is 3. The number of hydrogen-bond acceptors (Lipinski definition) is 3. The van der Waals surface area contributed by atoms with E-state index in [0.717, 1.165) is 21.7 Å². The molecule has 0 unspecified atom stereocenters. The molecule has 0 radical (unpaired) electrons. The van der Waals surface area contributed by atoms with E-state index in [9.17, 15) is 4.79 Å². The van der Waals surface area contributed by atoms with Crippen LogP contribution in [0.3, 0.4) is 0 Å². The van der Waals surface area contributed by atoms with Crippen molar-refractivity contribution in [2.45, 2.75) is 19.5 Å². The molecule has 24 heavy (non-hydrogen) atoms. The fraction of sp³-hybridized carbons (Fsp3) is 0.412. The molecule has 130 valence electrons. The Morgan fingerprint density at radius 2 is 2.12 bits per heavy atom. The third-order valence-electron chi connectivity index (χ3n) is 3.86. The van der Waals surface area contributed by atoms with Gasteiger partial charge in [0.2, 0.25) is 0 Å². The molecule has 7 heteroatoms. The maximum absolute atomic E-state index is 12.0. The zero-order chi connectivity index (χ0) is 17.7. The fourth-order valence-electron chi connectivity index (χ4n) is 2.46. The number of urea groups is 1. The number of amides is 2. The summed E-state index contributed by atoms with van der Waals surface area (Å²) < 4.78 is 1.76. The Morgan fingerprint density at radius 3 is 2.71 bits per heavy atom. The second-order valence-corrected chi connectivity index (χ2v) is 6.48. The van der Waals surface area contributed by atoms with Crippen molar-refractivity contribution >= 4 is 17.6 Å². The highest BCUT2D eigenvalue weighted by Crippen LogP contribution is 2.17. The number of rotatable bonds is 6. The molecule has 2 amide bonds. The highest BCUT2D eigenvalue weighted by atomic mass is 35.5. The van der Waals surface area contributed by atoms with Crippen molar-refractivity contribution in [2.24, 2.45) is 7.05 Å². The number of likely N-dealkylation sites (N-methyl/N-ethyl adjacent to an activating group) is 1. The van der Waals surface area contributed by atoms with Crippen LogP contribution in [0.1, 0.15) is 22.7 Å². The van der Waals surface area contributed by atoms with Crippen molar-refractivity contribution in [1.29, 1.82) is 0 Å². The van der Waals surface area contributed by atoms with Gasteiger partial charge in [-0.2, -0.15) is 5.10 Å². The molecule has 0 aliphatic heterocycles. The number of halogens is 1. The summed E-state index contributed by atoms with van der Waals surface area (Å²) in [5, 5.41) is 10.7. The van der Waals surface area contributed by atoms with Crippen molar-refractivity contribution in [3.05, 3.63) is 52.3 Å². The van der Waals surface area contributed by atoms with Gasteiger partial charge in [-0.05, 0) is 38.2 Å². The molecule has 0 aliphatic rings. The highest BCUT2D eigenvalue weighted by molar-refractivity contribution is 6.31. The number of hydrogen-bond donors (Lipinski definition) is 2. The maximum Gasteiger partial charge on any atom is 0.315 e. The molecule has 0 aliphatic carbocycles. The van der Waals surface area contributed by atoms with Crippen LogP contribution in [0.4, 0.5) is 4.79 Å². The van der Waals surface area contributed by atoms with E-state index in [-0.39, 0.29) is 12.1 Å². The molecular weight excluding hydrogens is 326 g/mol. The van der Waals surface area contributed by atoms with Crippen LogP contribution in [0.15, 0.2) is 30.6 Å². The summed E-state index contributed by atoms with van der Waals surface area (Å²) in [6.45, 7) is 2.91. The summed E-state index contributed by atoms with van der Waals surface area (Å²) in [6.07, 6.45) is 3.78. The quantitative estimate of drug-likeness (QED) is 0.842. The van der Waals surface area contributed by atoms with E-state index >= 15 is 0 Å². The first-order valence-corrected chi connectivity index (χ1v) is 8.16. The summed E-state index contributed by atoms with van der Waals surface area (Å²) in [7, 11) is 5.84. The topological polar surface area (TPSA) is 62.2 Å². The normalized spacial score (nSPS) is 12.2. The minimum Gasteiger partial charge on any atom is -0.336 e. The van der Waals surface area contributed by atoms with E-state index in [1.165, 1.54) is 0 Å². The Morgan fingerprint density at radius 1 is 1.38 bits per heavy atom. The zero-order valence-electron chi connectivity index (χ0n) is 14.5. The van der Waals surface area contributed by atoms with Crippen LogP contribution in [-0.2, 0) is 13.6 Å². The molecule has 0 saturated carbocycles. The van der Waals surface area contributed by atoms with Crippen LogP contribution in [-0.4, -0.2) is 41.4 Å². The van der Waals surface area contributed by atoms with Gasteiger partial charge >= 0.3 is 6.03 Å². The summed E-state index contributed by atoms with van der Waals surface area (Å²) in [6, 6.07) is 5.60. The second kappa shape index (κ2) is 8.17. The minimum atomic E-state index is -0.196. The molecule has 2 rings (SSSR count). The Hall–Kier alpha value is -2.05. The van der Waals surface area contributed by atoms with Crippen LogP contribution >= 0.6 is 11.6 Å². The molecule has 0 spiro atoms. The first-order chi connectivity index (χ1) is 11.4. The second-order valence-electron chi connectivity index (χ2n) is 6.07. The van der Waals surface area contributed by atoms with E-state index in [1.807, 2.05) is 58.7 Å². The molecule has 6 nitrogen and oxygen atoms in total. The molecule has 1 aromatic carbocycles. The molecule has 0 fully saturated rings. The Balaban J connectivity index is 1.86. The van der Waals surface area contributed by atoms with Gasteiger partial charge in [-0.3, -0.25) is 4.68 Å². The van der Waals surface area contributed by atoms with Crippen LogP contribution in [0.2, 0.25) is 5.02 Å². The predicted octanol–water partition coefficient (Wildman–Crippen LogP) is 2.48. The van der Waals surface area contributed by atoms with Gasteiger partial charge in [0.25, 0.3) is 0 Å². The SMILES string of the molecule is Cc1cc(CNC(=O)NC[C@H](c2cnn(C)c2)N(C)C)ccc1Cl. The standard InChI is InChI=1S/C17H24ClN5O/c1-12-7-13(5-6-15(12)18)8-19-17(24)20-10-16(22(2)3)14-9-21-23(4)11-14/h5-7,9,11,16H,8,10H2,1-4H3,(H2,19,20,24)/t16-/m1/s1. The molecule has 2 N–H and O–H groups in total. The highest BCUT2D eigenvalue weighted by Gasteiger charge is 2.16. The summed E-state index contributed by atoms with van der Waals surface area (Å²) in [4.78, 5) is 14.1. The van der Waals surface area contributed by atoms with Crippen LogP contribution < -0.4 is 10.6 Å². The Labute approximate surface area is 147 Å². The van der Waals surface area contributed by atoms with Gasteiger partial charge in [-0.15, -0.1) is 0 Å². The molecule has 1 heterocycles. The smallest absolute Gasteiger partial charge is 0.315 e. The molecule has 1 aromatic heterocycles. The van der Waals surface area contributed by atoms with Gasteiger partial charge < -0.3 is 15.5 Å². The van der Waals surface area contributed by atoms with Gasteiger partial charge in [0.15, 0.2) is 0 Å². The van der Waals surface area contributed by atoms with Crippen molar-refractivity contribution in [1.82, 2.24) is 25.3 Å². The van der Waals surface area contributed by atoms with Gasteiger partial charge in [-0.25, -0.2) is 4.79 Å². The first-order valence-electron chi connectivity index (χ1n) is 7.78. The number of carbonyl (C=O) groups is 1. The van der Waals surface area contributed by atoms with Gasteiger partial charge in [0.05, 0.1) is 12.2 Å². The minimum absolute atomic E-state index is 0.0715. The monoisotopic (exact) mass is 349 g/mol. The van der Waals surface area contributed by atoms with Crippen molar-refractivity contribution in [3.8, 4) is 0 Å². The molecule has 0 saturated heterocycles. The van der Waals surface area contributed by atoms with Crippen molar-refractivity contribution < 1.29 is 4.79 Å². The van der Waals surface area contributed by atoms with E-state index in [2.05, 4.69) is 20.6 Å². The first kappa shape index (κ1) is 18.3.